The van der Waals surface area contributed by atoms with Gasteiger partial charge in [-0.05, 0) is 57.8 Å². The maximum Gasteiger partial charge on any atom is 0.472 e. The van der Waals surface area contributed by atoms with Gasteiger partial charge in [-0.3, -0.25) is 18.6 Å². The molecule has 0 saturated heterocycles. The lowest BCUT2D eigenvalue weighted by atomic mass is 10.1. The van der Waals surface area contributed by atoms with Crippen LogP contribution in [0.25, 0.3) is 0 Å². The molecule has 0 aromatic rings. The summed E-state index contributed by atoms with van der Waals surface area (Å²) in [6.45, 7) is 2.29. The Hall–Kier alpha value is -1.55. The topological polar surface area (TPSA) is 149 Å². The van der Waals surface area contributed by atoms with Crippen molar-refractivity contribution in [3.8, 4) is 0 Å². The molecule has 282 valence electrons. The predicted molar refractivity (Wildman–Crippen MR) is 191 cm³/mol. The van der Waals surface area contributed by atoms with Crippen LogP contribution in [0.5, 0.6) is 0 Å². The first-order valence-corrected chi connectivity index (χ1v) is 20.3. The van der Waals surface area contributed by atoms with Crippen LogP contribution in [0.2, 0.25) is 0 Å². The van der Waals surface area contributed by atoms with Crippen LogP contribution >= 0.6 is 7.82 Å². The zero-order valence-electron chi connectivity index (χ0n) is 30.2. The quantitative estimate of drug-likeness (QED) is 0.0252. The fourth-order valence-corrected chi connectivity index (χ4v) is 5.64. The van der Waals surface area contributed by atoms with Gasteiger partial charge in [0.15, 0.2) is 6.10 Å². The molecule has 10 nitrogen and oxygen atoms in total. The molecule has 0 saturated carbocycles. The lowest BCUT2D eigenvalue weighted by Crippen LogP contribution is -2.29. The van der Waals surface area contributed by atoms with Crippen LogP contribution < -0.4 is 0 Å². The van der Waals surface area contributed by atoms with Crippen LogP contribution in [0, 0.1) is 0 Å². The molecule has 0 aromatic heterocycles. The van der Waals surface area contributed by atoms with E-state index >= 15 is 0 Å². The number of phosphoric ester groups is 1. The Kier molecular flexibility index (Phi) is 32.8. The summed E-state index contributed by atoms with van der Waals surface area (Å²) < 4.78 is 32.5. The van der Waals surface area contributed by atoms with Gasteiger partial charge in [-0.25, -0.2) is 4.57 Å². The average molecular weight is 705 g/mol. The Morgan fingerprint density at radius 1 is 0.604 bits per heavy atom. The van der Waals surface area contributed by atoms with Crippen molar-refractivity contribution < 1.29 is 47.8 Å². The highest BCUT2D eigenvalue weighted by Crippen LogP contribution is 2.43. The zero-order valence-corrected chi connectivity index (χ0v) is 31.1. The number of aliphatic hydroxyl groups excluding tert-OH is 2. The van der Waals surface area contributed by atoms with Crippen LogP contribution in [0.1, 0.15) is 162 Å². The van der Waals surface area contributed by atoms with Crippen LogP contribution in [-0.2, 0) is 32.7 Å². The number of hydrogen-bond acceptors (Lipinski definition) is 9. The van der Waals surface area contributed by atoms with Gasteiger partial charge in [0, 0.05) is 12.8 Å². The number of rotatable bonds is 35. The molecule has 0 aliphatic carbocycles. The summed E-state index contributed by atoms with van der Waals surface area (Å²) in [5, 5.41) is 18.2. The average Bonchev–Trinajstić information content (AvgIpc) is 3.07. The van der Waals surface area contributed by atoms with Crippen molar-refractivity contribution in [2.24, 2.45) is 0 Å². The Bertz CT molecular complexity index is 863. The number of aliphatic hydroxyl groups is 2. The van der Waals surface area contributed by atoms with E-state index < -0.39 is 51.8 Å². The molecule has 0 rings (SSSR count). The van der Waals surface area contributed by atoms with Gasteiger partial charge >= 0.3 is 19.8 Å². The summed E-state index contributed by atoms with van der Waals surface area (Å²) in [6, 6.07) is 0. The van der Waals surface area contributed by atoms with E-state index in [0.717, 1.165) is 77.0 Å². The van der Waals surface area contributed by atoms with Gasteiger partial charge in [-0.2, -0.15) is 0 Å². The van der Waals surface area contributed by atoms with E-state index in [0.29, 0.717) is 12.8 Å². The maximum absolute atomic E-state index is 12.5. The number of carbonyl (C=O) groups excluding carboxylic acids is 2. The lowest BCUT2D eigenvalue weighted by Gasteiger charge is -2.20. The molecule has 0 aromatic carbocycles. The van der Waals surface area contributed by atoms with E-state index in [1.165, 1.54) is 44.9 Å². The summed E-state index contributed by atoms with van der Waals surface area (Å²) in [5.74, 6) is -0.947. The van der Waals surface area contributed by atoms with E-state index in [2.05, 4.69) is 42.7 Å². The second-order valence-corrected chi connectivity index (χ2v) is 14.0. The molecule has 11 heteroatoms. The van der Waals surface area contributed by atoms with E-state index in [4.69, 9.17) is 19.1 Å². The number of allylic oxidation sites excluding steroid dienone is 4. The van der Waals surface area contributed by atoms with Crippen molar-refractivity contribution in [3.63, 3.8) is 0 Å². The Morgan fingerprint density at radius 3 is 1.56 bits per heavy atom. The number of unbranched alkanes of at least 4 members (excludes halogenated alkanes) is 17. The van der Waals surface area contributed by atoms with Gasteiger partial charge in [-0.1, -0.05) is 115 Å². The van der Waals surface area contributed by atoms with Gasteiger partial charge < -0.3 is 24.6 Å². The van der Waals surface area contributed by atoms with Crippen molar-refractivity contribution >= 4 is 19.8 Å². The fraction of sp³-hybridized carbons (Fsp3) is 0.838. The molecule has 0 bridgehead atoms. The second kappa shape index (κ2) is 33.9. The molecular weight excluding hydrogens is 635 g/mol. The minimum atomic E-state index is -4.61. The third-order valence-corrected chi connectivity index (χ3v) is 8.78. The molecule has 0 aliphatic rings. The summed E-state index contributed by atoms with van der Waals surface area (Å²) in [7, 11) is -4.61. The molecule has 48 heavy (non-hydrogen) atoms. The summed E-state index contributed by atoms with van der Waals surface area (Å²) >= 11 is 0. The third-order valence-electron chi connectivity index (χ3n) is 7.83. The molecule has 0 radical (unpaired) electrons. The fourth-order valence-electron chi connectivity index (χ4n) is 4.85. The zero-order chi connectivity index (χ0) is 35.6. The first kappa shape index (κ1) is 46.5. The SMILES string of the molecule is CCCC/C=C\CCCCCCCC(=O)OCC(COP(=O)(O)OCC(O)CO)OC(=O)CCCCCCC/C=C\CCCCCCC. The third kappa shape index (κ3) is 33.0. The van der Waals surface area contributed by atoms with Crippen molar-refractivity contribution in [3.05, 3.63) is 24.3 Å². The van der Waals surface area contributed by atoms with E-state index in [9.17, 15) is 24.2 Å². The van der Waals surface area contributed by atoms with Crippen molar-refractivity contribution in [2.75, 3.05) is 26.4 Å². The Labute approximate surface area is 291 Å². The molecule has 0 aliphatic heterocycles. The normalized spacial score (nSPS) is 14.4. The highest BCUT2D eigenvalue weighted by atomic mass is 31.2. The molecule has 3 N–H and O–H groups in total. The molecular formula is C37H69O10P. The standard InChI is InChI=1S/C37H69O10P/c1-3-5-7-9-11-13-15-16-17-19-21-23-25-27-29-37(41)47-35(33-46-48(42,43)45-31-34(39)30-38)32-44-36(40)28-26-24-22-20-18-14-12-10-8-6-4-2/h10,12,15-16,34-35,38-39H,3-9,11,13-14,17-33H2,1-2H3,(H,42,43)/b12-10-,16-15-. The monoisotopic (exact) mass is 704 g/mol. The van der Waals surface area contributed by atoms with Crippen molar-refractivity contribution in [1.29, 1.82) is 0 Å². The summed E-state index contributed by atoms with van der Waals surface area (Å²) in [4.78, 5) is 34.7. The molecule has 0 fully saturated rings. The van der Waals surface area contributed by atoms with Gasteiger partial charge in [-0.15, -0.1) is 0 Å². The highest BCUT2D eigenvalue weighted by molar-refractivity contribution is 7.47. The maximum atomic E-state index is 12.5. The van der Waals surface area contributed by atoms with E-state index in [1.54, 1.807) is 0 Å². The number of esters is 2. The molecule has 0 heterocycles. The molecule has 0 spiro atoms. The van der Waals surface area contributed by atoms with Crippen LogP contribution in [0.15, 0.2) is 24.3 Å². The van der Waals surface area contributed by atoms with Gasteiger partial charge in [0.25, 0.3) is 0 Å². The van der Waals surface area contributed by atoms with Crippen molar-refractivity contribution in [1.82, 2.24) is 0 Å². The number of carbonyl (C=O) groups is 2. The first-order valence-electron chi connectivity index (χ1n) is 18.8. The predicted octanol–water partition coefficient (Wildman–Crippen LogP) is 9.05. The number of hydrogen-bond donors (Lipinski definition) is 3. The Balaban J connectivity index is 4.40. The number of phosphoric acid groups is 1. The van der Waals surface area contributed by atoms with Gasteiger partial charge in [0.1, 0.15) is 12.7 Å². The molecule has 3 atom stereocenters. The summed E-state index contributed by atoms with van der Waals surface area (Å²) in [5.41, 5.74) is 0. The van der Waals surface area contributed by atoms with Crippen LogP contribution in [-0.4, -0.2) is 65.7 Å². The smallest absolute Gasteiger partial charge is 0.462 e. The lowest BCUT2D eigenvalue weighted by molar-refractivity contribution is -0.161. The second-order valence-electron chi connectivity index (χ2n) is 12.6. The van der Waals surface area contributed by atoms with E-state index in [-0.39, 0.29) is 19.4 Å². The number of ether oxygens (including phenoxy) is 2. The van der Waals surface area contributed by atoms with Crippen LogP contribution in [0.4, 0.5) is 0 Å². The van der Waals surface area contributed by atoms with Gasteiger partial charge in [0.2, 0.25) is 0 Å². The first-order chi connectivity index (χ1) is 23.2. The largest absolute Gasteiger partial charge is 0.472 e. The minimum absolute atomic E-state index is 0.174. The van der Waals surface area contributed by atoms with E-state index in [1.807, 2.05) is 0 Å². The van der Waals surface area contributed by atoms with Gasteiger partial charge in [0.05, 0.1) is 19.8 Å². The highest BCUT2D eigenvalue weighted by Gasteiger charge is 2.27. The summed E-state index contributed by atoms with van der Waals surface area (Å²) in [6.07, 6.45) is 30.1. The van der Waals surface area contributed by atoms with Crippen LogP contribution in [0.3, 0.4) is 0 Å². The van der Waals surface area contributed by atoms with Crippen molar-refractivity contribution in [2.45, 2.75) is 174 Å². The molecule has 0 amide bonds. The Morgan fingerprint density at radius 2 is 1.04 bits per heavy atom. The molecule has 3 unspecified atom stereocenters. The minimum Gasteiger partial charge on any atom is -0.462 e.